The lowest BCUT2D eigenvalue weighted by Gasteiger charge is -2.34. The molecule has 1 aliphatic heterocycles. The summed E-state index contributed by atoms with van der Waals surface area (Å²) in [6.45, 7) is 1.82. The number of benzene rings is 1. The lowest BCUT2D eigenvalue weighted by Crippen LogP contribution is -2.56. The van der Waals surface area contributed by atoms with Gasteiger partial charge in [-0.15, -0.1) is 0 Å². The van der Waals surface area contributed by atoms with Crippen LogP contribution in [-0.2, 0) is 25.5 Å². The highest BCUT2D eigenvalue weighted by molar-refractivity contribution is 5.90. The van der Waals surface area contributed by atoms with Gasteiger partial charge in [-0.05, 0) is 30.5 Å². The molecule has 1 unspecified atom stereocenters. The number of hydrogen-bond donors (Lipinski definition) is 2. The summed E-state index contributed by atoms with van der Waals surface area (Å²) in [5.74, 6) is -1.43. The number of carboxylic acids is 1. The molecule has 7 nitrogen and oxygen atoms in total. The van der Waals surface area contributed by atoms with Crippen molar-refractivity contribution in [2.45, 2.75) is 31.7 Å². The molecule has 1 fully saturated rings. The summed E-state index contributed by atoms with van der Waals surface area (Å²) in [5, 5.41) is 12.2. The van der Waals surface area contributed by atoms with Gasteiger partial charge in [0.05, 0.1) is 13.0 Å². The monoisotopic (exact) mass is 334 g/mol. The van der Waals surface area contributed by atoms with Gasteiger partial charge in [0.15, 0.2) is 5.54 Å². The highest BCUT2D eigenvalue weighted by atomic mass is 16.5. The molecule has 1 aromatic rings. The van der Waals surface area contributed by atoms with Crippen molar-refractivity contribution in [1.29, 1.82) is 0 Å². The Morgan fingerprint density at radius 2 is 1.96 bits per heavy atom. The van der Waals surface area contributed by atoms with E-state index in [0.717, 1.165) is 5.56 Å². The van der Waals surface area contributed by atoms with Crippen LogP contribution in [-0.4, -0.2) is 53.6 Å². The number of nitrogens with one attached hydrogen (secondary N) is 1. The number of hydrogen-bond acceptors (Lipinski definition) is 4. The number of amides is 2. The number of nitrogens with zero attached hydrogens (tertiary/aromatic N) is 1. The van der Waals surface area contributed by atoms with Gasteiger partial charge >= 0.3 is 5.97 Å². The van der Waals surface area contributed by atoms with Crippen molar-refractivity contribution >= 4 is 23.5 Å². The number of rotatable bonds is 6. The third-order valence-electron chi connectivity index (χ3n) is 4.20. The Morgan fingerprint density at radius 3 is 2.50 bits per heavy atom. The van der Waals surface area contributed by atoms with Gasteiger partial charge in [0.25, 0.3) is 0 Å². The molecular weight excluding hydrogens is 312 g/mol. The smallest absolute Gasteiger partial charge is 0.332 e. The average molecular weight is 334 g/mol. The van der Waals surface area contributed by atoms with E-state index in [1.807, 2.05) is 0 Å². The molecule has 130 valence electrons. The van der Waals surface area contributed by atoms with Crippen molar-refractivity contribution in [3.8, 4) is 0 Å². The highest BCUT2D eigenvalue weighted by Gasteiger charge is 2.49. The zero-order valence-electron chi connectivity index (χ0n) is 13.9. The van der Waals surface area contributed by atoms with Crippen LogP contribution >= 0.6 is 0 Å². The normalized spacial score (nSPS) is 20.0. The Morgan fingerprint density at radius 1 is 1.29 bits per heavy atom. The van der Waals surface area contributed by atoms with E-state index in [2.05, 4.69) is 5.32 Å². The second-order valence-electron chi connectivity index (χ2n) is 5.97. The van der Waals surface area contributed by atoms with Crippen molar-refractivity contribution in [2.75, 3.05) is 25.6 Å². The van der Waals surface area contributed by atoms with E-state index in [1.165, 1.54) is 18.9 Å². The Kier molecular flexibility index (Phi) is 5.56. The highest BCUT2D eigenvalue weighted by Crippen LogP contribution is 2.31. The molecule has 1 saturated heterocycles. The third kappa shape index (κ3) is 3.73. The van der Waals surface area contributed by atoms with Crippen LogP contribution in [0.3, 0.4) is 0 Å². The predicted octanol–water partition coefficient (Wildman–Crippen LogP) is 1.28. The molecule has 2 amide bonds. The van der Waals surface area contributed by atoms with E-state index in [9.17, 15) is 19.5 Å². The lowest BCUT2D eigenvalue weighted by molar-refractivity contribution is -0.160. The molecule has 1 heterocycles. The average Bonchev–Trinajstić information content (AvgIpc) is 2.94. The van der Waals surface area contributed by atoms with Gasteiger partial charge in [0.1, 0.15) is 0 Å². The van der Waals surface area contributed by atoms with E-state index < -0.39 is 11.5 Å². The van der Waals surface area contributed by atoms with Crippen LogP contribution in [0.15, 0.2) is 24.3 Å². The number of methoxy groups -OCH3 is 1. The maximum atomic E-state index is 12.6. The summed E-state index contributed by atoms with van der Waals surface area (Å²) in [5.41, 5.74) is 0.138. The quantitative estimate of drug-likeness (QED) is 0.817. The van der Waals surface area contributed by atoms with Gasteiger partial charge in [-0.25, -0.2) is 4.79 Å². The van der Waals surface area contributed by atoms with Crippen LogP contribution in [0.5, 0.6) is 0 Å². The number of carbonyl (C=O) groups excluding carboxylic acids is 2. The zero-order chi connectivity index (χ0) is 17.7. The molecule has 7 heteroatoms. The summed E-state index contributed by atoms with van der Waals surface area (Å²) in [6, 6.07) is 6.93. The Labute approximate surface area is 140 Å². The lowest BCUT2D eigenvalue weighted by atomic mass is 9.96. The third-order valence-corrected chi connectivity index (χ3v) is 4.20. The summed E-state index contributed by atoms with van der Waals surface area (Å²) in [7, 11) is 1.44. The van der Waals surface area contributed by atoms with Crippen LogP contribution in [0.2, 0.25) is 0 Å². The minimum atomic E-state index is -1.28. The molecule has 0 aliphatic carbocycles. The van der Waals surface area contributed by atoms with E-state index in [1.54, 1.807) is 24.3 Å². The van der Waals surface area contributed by atoms with E-state index >= 15 is 0 Å². The molecule has 0 bridgehead atoms. The van der Waals surface area contributed by atoms with Crippen LogP contribution in [0, 0.1) is 0 Å². The molecule has 0 spiro atoms. The van der Waals surface area contributed by atoms with Gasteiger partial charge in [-0.3, -0.25) is 9.59 Å². The number of carboxylic acid groups (broad SMARTS) is 1. The molecular formula is C17H22N2O5. The topological polar surface area (TPSA) is 95.9 Å². The standard InChI is InChI=1S/C17H22N2O5/c1-12(20)18-14-6-4-13(5-7-14)10-15(21)19-9-3-8-17(19,11-24-2)16(22)23/h4-7H,3,8-11H2,1-2H3,(H,18,20)(H,22,23). The molecule has 1 aliphatic rings. The van der Waals surface area contributed by atoms with Crippen molar-refractivity contribution in [1.82, 2.24) is 4.90 Å². The first kappa shape index (κ1) is 17.9. The number of anilines is 1. The minimum Gasteiger partial charge on any atom is -0.479 e. The summed E-state index contributed by atoms with van der Waals surface area (Å²) in [4.78, 5) is 36.7. The molecule has 2 rings (SSSR count). The largest absolute Gasteiger partial charge is 0.479 e. The fourth-order valence-corrected chi connectivity index (χ4v) is 3.09. The van der Waals surface area contributed by atoms with Crippen molar-refractivity contribution in [2.24, 2.45) is 0 Å². The van der Waals surface area contributed by atoms with Crippen LogP contribution < -0.4 is 5.32 Å². The summed E-state index contributed by atoms with van der Waals surface area (Å²) >= 11 is 0. The van der Waals surface area contributed by atoms with Crippen LogP contribution in [0.25, 0.3) is 0 Å². The Hall–Kier alpha value is -2.41. The Bertz CT molecular complexity index is 628. The maximum Gasteiger partial charge on any atom is 0.332 e. The first-order valence-electron chi connectivity index (χ1n) is 7.78. The first-order valence-corrected chi connectivity index (χ1v) is 7.78. The van der Waals surface area contributed by atoms with Gasteiger partial charge in [-0.2, -0.15) is 0 Å². The van der Waals surface area contributed by atoms with E-state index in [4.69, 9.17) is 4.74 Å². The minimum absolute atomic E-state index is 0.0183. The Balaban J connectivity index is 2.10. The zero-order valence-corrected chi connectivity index (χ0v) is 13.9. The molecule has 0 saturated carbocycles. The van der Waals surface area contributed by atoms with Crippen LogP contribution in [0.1, 0.15) is 25.3 Å². The SMILES string of the molecule is COCC1(C(=O)O)CCCN1C(=O)Cc1ccc(NC(C)=O)cc1. The molecule has 0 radical (unpaired) electrons. The van der Waals surface area contributed by atoms with Gasteiger partial charge in [0, 0.05) is 26.3 Å². The van der Waals surface area contributed by atoms with Crippen molar-refractivity contribution in [3.05, 3.63) is 29.8 Å². The van der Waals surface area contributed by atoms with Gasteiger partial charge in [-0.1, -0.05) is 12.1 Å². The number of ether oxygens (including phenoxy) is 1. The fourth-order valence-electron chi connectivity index (χ4n) is 3.09. The number of carbonyl (C=O) groups is 3. The second-order valence-corrected chi connectivity index (χ2v) is 5.97. The summed E-state index contributed by atoms with van der Waals surface area (Å²) < 4.78 is 5.06. The maximum absolute atomic E-state index is 12.6. The van der Waals surface area contributed by atoms with Crippen molar-refractivity contribution < 1.29 is 24.2 Å². The molecule has 1 aromatic carbocycles. The van der Waals surface area contributed by atoms with E-state index in [-0.39, 0.29) is 24.8 Å². The second kappa shape index (κ2) is 7.44. The van der Waals surface area contributed by atoms with Gasteiger partial charge in [0.2, 0.25) is 11.8 Å². The van der Waals surface area contributed by atoms with Crippen molar-refractivity contribution in [3.63, 3.8) is 0 Å². The fraction of sp³-hybridized carbons (Fsp3) is 0.471. The summed E-state index contributed by atoms with van der Waals surface area (Å²) in [6.07, 6.45) is 1.14. The first-order chi connectivity index (χ1) is 11.4. The molecule has 2 N–H and O–H groups in total. The molecule has 0 aromatic heterocycles. The molecule has 1 atom stereocenters. The van der Waals surface area contributed by atoms with E-state index in [0.29, 0.717) is 25.1 Å². The number of likely N-dealkylation sites (tertiary alicyclic amines) is 1. The molecule has 24 heavy (non-hydrogen) atoms. The van der Waals surface area contributed by atoms with Gasteiger partial charge < -0.3 is 20.1 Å². The number of aliphatic carboxylic acids is 1. The predicted molar refractivity (Wildman–Crippen MR) is 87.6 cm³/mol. The van der Waals surface area contributed by atoms with Crippen LogP contribution in [0.4, 0.5) is 5.69 Å².